The molecule has 2 aromatic heterocycles. The van der Waals surface area contributed by atoms with E-state index in [4.69, 9.17) is 5.84 Å². The summed E-state index contributed by atoms with van der Waals surface area (Å²) in [7, 11) is 0. The summed E-state index contributed by atoms with van der Waals surface area (Å²) in [5, 5.41) is 13.2. The fourth-order valence-electron chi connectivity index (χ4n) is 1.73. The molecule has 3 N–H and O–H groups in total. The van der Waals surface area contributed by atoms with Crippen LogP contribution in [0.4, 0.5) is 0 Å². The molecule has 0 aliphatic carbocycles. The first-order chi connectivity index (χ1) is 9.63. The Morgan fingerprint density at radius 2 is 2.30 bits per heavy atom. The van der Waals surface area contributed by atoms with E-state index >= 15 is 0 Å². The lowest BCUT2D eigenvalue weighted by Gasteiger charge is -2.07. The van der Waals surface area contributed by atoms with Gasteiger partial charge in [-0.25, -0.2) is 5.84 Å². The van der Waals surface area contributed by atoms with Crippen LogP contribution in [0.15, 0.2) is 17.6 Å². The lowest BCUT2D eigenvalue weighted by molar-refractivity contribution is -0.118. The fraction of sp³-hybridized carbons (Fsp3) is 0.455. The number of hydrogen-bond donors (Lipinski definition) is 2. The highest BCUT2D eigenvalue weighted by molar-refractivity contribution is 7.99. The van der Waals surface area contributed by atoms with Gasteiger partial charge in [-0.2, -0.15) is 5.10 Å². The van der Waals surface area contributed by atoms with Crippen molar-refractivity contribution in [1.82, 2.24) is 30.0 Å². The van der Waals surface area contributed by atoms with E-state index in [9.17, 15) is 4.79 Å². The predicted molar refractivity (Wildman–Crippen MR) is 74.8 cm³/mol. The van der Waals surface area contributed by atoms with Crippen molar-refractivity contribution in [2.75, 3.05) is 5.75 Å². The summed E-state index contributed by atoms with van der Waals surface area (Å²) < 4.78 is 3.78. The smallest absolute Gasteiger partial charge is 0.244 e. The summed E-state index contributed by atoms with van der Waals surface area (Å²) >= 11 is 1.31. The average Bonchev–Trinajstić information content (AvgIpc) is 3.02. The molecule has 8 nitrogen and oxygen atoms in total. The van der Waals surface area contributed by atoms with Crippen LogP contribution in [-0.4, -0.2) is 36.2 Å². The van der Waals surface area contributed by atoms with Crippen molar-refractivity contribution in [2.24, 2.45) is 5.84 Å². The van der Waals surface area contributed by atoms with E-state index in [1.165, 1.54) is 11.8 Å². The molecule has 0 unspecified atom stereocenters. The number of nitrogens with two attached hydrogens (primary N) is 1. The number of carbonyl (C=O) groups is 1. The Morgan fingerprint density at radius 1 is 1.50 bits per heavy atom. The molecule has 1 amide bonds. The Hall–Kier alpha value is -1.87. The van der Waals surface area contributed by atoms with Gasteiger partial charge in [0.1, 0.15) is 6.54 Å². The molecule has 0 atom stereocenters. The number of amides is 1. The Labute approximate surface area is 120 Å². The van der Waals surface area contributed by atoms with Gasteiger partial charge in [0.25, 0.3) is 0 Å². The van der Waals surface area contributed by atoms with Crippen molar-refractivity contribution in [1.29, 1.82) is 0 Å². The Morgan fingerprint density at radius 3 is 2.90 bits per heavy atom. The lowest BCUT2D eigenvalue weighted by Crippen LogP contribution is -2.31. The van der Waals surface area contributed by atoms with Crippen molar-refractivity contribution < 1.29 is 4.79 Å². The van der Waals surface area contributed by atoms with Gasteiger partial charge in [0.15, 0.2) is 11.0 Å². The Bertz CT molecular complexity index is 591. The van der Waals surface area contributed by atoms with Crippen molar-refractivity contribution in [3.8, 4) is 0 Å². The quantitative estimate of drug-likeness (QED) is 0.335. The van der Waals surface area contributed by atoms with Gasteiger partial charge in [-0.3, -0.25) is 14.9 Å². The second-order valence-corrected chi connectivity index (χ2v) is 5.16. The maximum absolute atomic E-state index is 11.2. The zero-order valence-electron chi connectivity index (χ0n) is 11.4. The molecule has 0 aliphatic heterocycles. The third-order valence-corrected chi connectivity index (χ3v) is 3.64. The topological polar surface area (TPSA) is 104 Å². The van der Waals surface area contributed by atoms with Crippen LogP contribution in [0.3, 0.4) is 0 Å². The average molecular weight is 295 g/mol. The summed E-state index contributed by atoms with van der Waals surface area (Å²) in [6.07, 6.45) is 3.75. The van der Waals surface area contributed by atoms with Gasteiger partial charge in [0.05, 0.1) is 11.9 Å². The van der Waals surface area contributed by atoms with Gasteiger partial charge in [-0.1, -0.05) is 11.8 Å². The molecule has 0 spiro atoms. The minimum atomic E-state index is -0.245. The molecule has 0 aromatic carbocycles. The number of nitrogens with one attached hydrogen (secondary N) is 1. The SMILES string of the molecule is CCn1c(Cn2cc(C)cn2)nnc1SCC(=O)NN. The number of thioether (sulfide) groups is 1. The number of aromatic nitrogens is 5. The van der Waals surface area contributed by atoms with Crippen molar-refractivity contribution in [3.63, 3.8) is 0 Å². The van der Waals surface area contributed by atoms with Crippen LogP contribution in [0.5, 0.6) is 0 Å². The molecule has 9 heteroatoms. The molecule has 0 radical (unpaired) electrons. The van der Waals surface area contributed by atoms with Crippen molar-refractivity contribution in [2.45, 2.75) is 32.1 Å². The summed E-state index contributed by atoms with van der Waals surface area (Å²) in [5.74, 6) is 5.83. The monoisotopic (exact) mass is 295 g/mol. The highest BCUT2D eigenvalue weighted by Gasteiger charge is 2.13. The maximum atomic E-state index is 11.2. The third-order valence-electron chi connectivity index (χ3n) is 2.67. The number of hydrogen-bond acceptors (Lipinski definition) is 6. The molecule has 0 bridgehead atoms. The molecular formula is C11H17N7OS. The minimum Gasteiger partial charge on any atom is -0.305 e. The summed E-state index contributed by atoms with van der Waals surface area (Å²) in [6, 6.07) is 0. The van der Waals surface area contributed by atoms with E-state index in [2.05, 4.69) is 20.7 Å². The molecule has 2 rings (SSSR count). The number of hydrazine groups is 1. The number of carbonyl (C=O) groups excluding carboxylic acids is 1. The summed E-state index contributed by atoms with van der Waals surface area (Å²) in [5.41, 5.74) is 3.19. The molecule has 2 aromatic rings. The first kappa shape index (κ1) is 14.5. The van der Waals surface area contributed by atoms with E-state index in [1.54, 1.807) is 6.20 Å². The van der Waals surface area contributed by atoms with Crippen LogP contribution in [0.25, 0.3) is 0 Å². The number of nitrogens with zero attached hydrogens (tertiary/aromatic N) is 5. The maximum Gasteiger partial charge on any atom is 0.244 e. The second kappa shape index (κ2) is 6.53. The highest BCUT2D eigenvalue weighted by atomic mass is 32.2. The second-order valence-electron chi connectivity index (χ2n) is 4.21. The van der Waals surface area contributed by atoms with Crippen molar-refractivity contribution in [3.05, 3.63) is 23.8 Å². The first-order valence-electron chi connectivity index (χ1n) is 6.17. The van der Waals surface area contributed by atoms with E-state index in [0.717, 1.165) is 17.9 Å². The van der Waals surface area contributed by atoms with Gasteiger partial charge in [0.2, 0.25) is 5.91 Å². The van der Waals surface area contributed by atoms with Crippen LogP contribution < -0.4 is 11.3 Å². The van der Waals surface area contributed by atoms with E-state index in [0.29, 0.717) is 11.7 Å². The molecule has 2 heterocycles. The van der Waals surface area contributed by atoms with Crippen LogP contribution in [0.2, 0.25) is 0 Å². The largest absolute Gasteiger partial charge is 0.305 e. The zero-order chi connectivity index (χ0) is 14.5. The molecule has 0 aliphatic rings. The normalized spacial score (nSPS) is 10.8. The summed E-state index contributed by atoms with van der Waals surface area (Å²) in [6.45, 7) is 5.28. The first-order valence-corrected chi connectivity index (χ1v) is 7.16. The van der Waals surface area contributed by atoms with Crippen molar-refractivity contribution >= 4 is 17.7 Å². The molecule has 108 valence electrons. The van der Waals surface area contributed by atoms with Crippen LogP contribution in [0, 0.1) is 6.92 Å². The Balaban J connectivity index is 2.10. The van der Waals surface area contributed by atoms with Gasteiger partial charge in [-0.15, -0.1) is 10.2 Å². The standard InChI is InChI=1S/C11H17N7OS/c1-3-18-9(6-17-5-8(2)4-13-17)15-16-11(18)20-7-10(19)14-12/h4-5H,3,6-7,12H2,1-2H3,(H,14,19). The Kier molecular flexibility index (Phi) is 4.74. The fourth-order valence-corrected chi connectivity index (χ4v) is 2.56. The van der Waals surface area contributed by atoms with E-state index in [1.807, 2.05) is 29.3 Å². The van der Waals surface area contributed by atoms with E-state index in [-0.39, 0.29) is 11.7 Å². The molecule has 0 fully saturated rings. The molecule has 0 saturated heterocycles. The van der Waals surface area contributed by atoms with Gasteiger partial charge in [-0.05, 0) is 19.4 Å². The zero-order valence-corrected chi connectivity index (χ0v) is 12.2. The van der Waals surface area contributed by atoms with E-state index < -0.39 is 0 Å². The highest BCUT2D eigenvalue weighted by Crippen LogP contribution is 2.17. The van der Waals surface area contributed by atoms with Gasteiger partial charge in [0, 0.05) is 12.7 Å². The number of rotatable bonds is 6. The minimum absolute atomic E-state index is 0.218. The van der Waals surface area contributed by atoms with Gasteiger partial charge < -0.3 is 4.57 Å². The summed E-state index contributed by atoms with van der Waals surface area (Å²) in [4.78, 5) is 11.2. The lowest BCUT2D eigenvalue weighted by atomic mass is 10.4. The predicted octanol–water partition coefficient (Wildman–Crippen LogP) is -0.0668. The van der Waals surface area contributed by atoms with Crippen LogP contribution in [0.1, 0.15) is 18.3 Å². The molecule has 0 saturated carbocycles. The van der Waals surface area contributed by atoms with Crippen LogP contribution >= 0.6 is 11.8 Å². The van der Waals surface area contributed by atoms with Crippen LogP contribution in [-0.2, 0) is 17.9 Å². The number of aryl methyl sites for hydroxylation is 1. The molecule has 20 heavy (non-hydrogen) atoms. The third kappa shape index (κ3) is 3.36. The molecular weight excluding hydrogens is 278 g/mol. The van der Waals surface area contributed by atoms with Gasteiger partial charge >= 0.3 is 0 Å².